The summed E-state index contributed by atoms with van der Waals surface area (Å²) in [6.07, 6.45) is 5.60. The number of hydrogen-bond donors (Lipinski definition) is 1. The number of anilines is 1. The molecule has 0 aliphatic rings. The van der Waals surface area contributed by atoms with Crippen molar-refractivity contribution in [1.29, 1.82) is 0 Å². The van der Waals surface area contributed by atoms with Crippen molar-refractivity contribution >= 4 is 21.4 Å². The number of aryl methyl sites for hydroxylation is 1. The van der Waals surface area contributed by atoms with E-state index in [1.165, 1.54) is 12.1 Å². The van der Waals surface area contributed by atoms with Crippen LogP contribution in [0.3, 0.4) is 0 Å². The van der Waals surface area contributed by atoms with Gasteiger partial charge in [0, 0.05) is 24.6 Å². The SMILES string of the molecule is CS(=O)(=O)c1cccc(NC(=O)CCc2cnn(-c3ccccc3)c2)c1. The molecule has 6 nitrogen and oxygen atoms in total. The summed E-state index contributed by atoms with van der Waals surface area (Å²) in [4.78, 5) is 12.3. The minimum absolute atomic E-state index is 0.178. The lowest BCUT2D eigenvalue weighted by Gasteiger charge is -2.06. The van der Waals surface area contributed by atoms with E-state index in [-0.39, 0.29) is 17.2 Å². The lowest BCUT2D eigenvalue weighted by atomic mass is 10.2. The van der Waals surface area contributed by atoms with Gasteiger partial charge in [-0.25, -0.2) is 13.1 Å². The lowest BCUT2D eigenvalue weighted by molar-refractivity contribution is -0.116. The Labute approximate surface area is 152 Å². The maximum Gasteiger partial charge on any atom is 0.224 e. The number of nitrogens with zero attached hydrogens (tertiary/aromatic N) is 2. The van der Waals surface area contributed by atoms with E-state index in [1.807, 2.05) is 36.5 Å². The zero-order valence-corrected chi connectivity index (χ0v) is 15.1. The largest absolute Gasteiger partial charge is 0.326 e. The third-order valence-electron chi connectivity index (χ3n) is 3.84. The molecule has 0 saturated carbocycles. The molecule has 0 aliphatic carbocycles. The predicted octanol–water partition coefficient (Wildman–Crippen LogP) is 2.85. The summed E-state index contributed by atoms with van der Waals surface area (Å²) in [6.45, 7) is 0. The number of rotatable bonds is 6. The van der Waals surface area contributed by atoms with Gasteiger partial charge in [0.1, 0.15) is 0 Å². The second-order valence-electron chi connectivity index (χ2n) is 5.98. The number of carbonyl (C=O) groups excluding carboxylic acids is 1. The molecule has 2 aromatic carbocycles. The highest BCUT2D eigenvalue weighted by molar-refractivity contribution is 7.90. The van der Waals surface area contributed by atoms with Crippen LogP contribution in [0.25, 0.3) is 5.69 Å². The molecule has 26 heavy (non-hydrogen) atoms. The second kappa shape index (κ2) is 7.53. The Morgan fingerprint density at radius 3 is 2.62 bits per heavy atom. The van der Waals surface area contributed by atoms with Gasteiger partial charge in [-0.3, -0.25) is 4.79 Å². The van der Waals surface area contributed by atoms with Crippen molar-refractivity contribution in [3.63, 3.8) is 0 Å². The third kappa shape index (κ3) is 4.58. The standard InChI is InChI=1S/C19H19N3O3S/c1-26(24,25)18-9-5-6-16(12-18)21-19(23)11-10-15-13-20-22(14-15)17-7-3-2-4-8-17/h2-9,12-14H,10-11H2,1H3,(H,21,23). The molecule has 0 unspecified atom stereocenters. The molecule has 0 aliphatic heterocycles. The maximum absolute atomic E-state index is 12.1. The molecule has 1 heterocycles. The number of aromatic nitrogens is 2. The van der Waals surface area contributed by atoms with E-state index in [4.69, 9.17) is 0 Å². The van der Waals surface area contributed by atoms with Crippen LogP contribution < -0.4 is 5.32 Å². The summed E-state index contributed by atoms with van der Waals surface area (Å²) in [7, 11) is -3.30. The molecule has 0 radical (unpaired) electrons. The van der Waals surface area contributed by atoms with E-state index < -0.39 is 9.84 Å². The Morgan fingerprint density at radius 1 is 1.12 bits per heavy atom. The van der Waals surface area contributed by atoms with E-state index in [0.29, 0.717) is 12.1 Å². The van der Waals surface area contributed by atoms with Crippen molar-refractivity contribution < 1.29 is 13.2 Å². The van der Waals surface area contributed by atoms with Crippen LogP contribution in [-0.4, -0.2) is 30.4 Å². The quantitative estimate of drug-likeness (QED) is 0.724. The molecule has 3 aromatic rings. The number of nitrogens with one attached hydrogen (secondary N) is 1. The van der Waals surface area contributed by atoms with Crippen LogP contribution in [0.4, 0.5) is 5.69 Å². The average molecular weight is 369 g/mol. The first-order valence-corrected chi connectivity index (χ1v) is 10.00. The van der Waals surface area contributed by atoms with Crippen molar-refractivity contribution in [2.24, 2.45) is 0 Å². The normalized spacial score (nSPS) is 11.3. The Balaban J connectivity index is 1.59. The topological polar surface area (TPSA) is 81.1 Å². The zero-order chi connectivity index (χ0) is 18.6. The molecule has 0 fully saturated rings. The Kier molecular flexibility index (Phi) is 5.18. The minimum Gasteiger partial charge on any atom is -0.326 e. The van der Waals surface area contributed by atoms with Gasteiger partial charge in [-0.2, -0.15) is 5.10 Å². The van der Waals surface area contributed by atoms with Crippen molar-refractivity contribution in [3.05, 3.63) is 72.6 Å². The highest BCUT2D eigenvalue weighted by atomic mass is 32.2. The Bertz CT molecular complexity index is 1010. The molecule has 1 amide bonds. The molecule has 7 heteroatoms. The van der Waals surface area contributed by atoms with E-state index in [1.54, 1.807) is 23.0 Å². The van der Waals surface area contributed by atoms with Crippen molar-refractivity contribution in [3.8, 4) is 5.69 Å². The number of hydrogen-bond acceptors (Lipinski definition) is 4. The number of para-hydroxylation sites is 1. The van der Waals surface area contributed by atoms with Gasteiger partial charge in [0.05, 0.1) is 16.8 Å². The molecule has 0 atom stereocenters. The molecule has 0 spiro atoms. The summed E-state index contributed by atoms with van der Waals surface area (Å²) < 4.78 is 24.9. The second-order valence-corrected chi connectivity index (χ2v) is 7.99. The number of benzene rings is 2. The molecule has 0 saturated heterocycles. The predicted molar refractivity (Wildman–Crippen MR) is 100 cm³/mol. The van der Waals surface area contributed by atoms with Gasteiger partial charge in [-0.05, 0) is 42.3 Å². The first-order valence-electron chi connectivity index (χ1n) is 8.11. The molecule has 3 rings (SSSR count). The fourth-order valence-electron chi connectivity index (χ4n) is 2.50. The van der Waals surface area contributed by atoms with Gasteiger partial charge in [0.2, 0.25) is 5.91 Å². The highest BCUT2D eigenvalue weighted by Crippen LogP contribution is 2.16. The van der Waals surface area contributed by atoms with Crippen LogP contribution in [0.5, 0.6) is 0 Å². The van der Waals surface area contributed by atoms with Gasteiger partial charge in [-0.1, -0.05) is 24.3 Å². The van der Waals surface area contributed by atoms with E-state index in [9.17, 15) is 13.2 Å². The first-order chi connectivity index (χ1) is 12.4. The summed E-state index contributed by atoms with van der Waals surface area (Å²) in [5.74, 6) is -0.178. The fourth-order valence-corrected chi connectivity index (χ4v) is 3.16. The van der Waals surface area contributed by atoms with Crippen LogP contribution in [0.15, 0.2) is 71.9 Å². The van der Waals surface area contributed by atoms with Gasteiger partial charge < -0.3 is 5.32 Å². The summed E-state index contributed by atoms with van der Waals surface area (Å²) in [6, 6.07) is 16.0. The lowest BCUT2D eigenvalue weighted by Crippen LogP contribution is -2.12. The third-order valence-corrected chi connectivity index (χ3v) is 4.95. The highest BCUT2D eigenvalue weighted by Gasteiger charge is 2.10. The first kappa shape index (κ1) is 17.9. The average Bonchev–Trinajstić information content (AvgIpc) is 3.09. The van der Waals surface area contributed by atoms with Gasteiger partial charge in [-0.15, -0.1) is 0 Å². The van der Waals surface area contributed by atoms with Crippen LogP contribution in [0.2, 0.25) is 0 Å². The summed E-state index contributed by atoms with van der Waals surface area (Å²) in [5.41, 5.74) is 2.38. The molecule has 1 aromatic heterocycles. The van der Waals surface area contributed by atoms with Crippen LogP contribution >= 0.6 is 0 Å². The van der Waals surface area contributed by atoms with E-state index in [2.05, 4.69) is 10.4 Å². The van der Waals surface area contributed by atoms with Crippen LogP contribution in [0.1, 0.15) is 12.0 Å². The van der Waals surface area contributed by atoms with Gasteiger partial charge in [0.25, 0.3) is 0 Å². The van der Waals surface area contributed by atoms with Crippen molar-refractivity contribution in [1.82, 2.24) is 9.78 Å². The number of amides is 1. The van der Waals surface area contributed by atoms with Gasteiger partial charge in [0.15, 0.2) is 9.84 Å². The Morgan fingerprint density at radius 2 is 1.88 bits per heavy atom. The number of sulfone groups is 1. The maximum atomic E-state index is 12.1. The smallest absolute Gasteiger partial charge is 0.224 e. The van der Waals surface area contributed by atoms with E-state index in [0.717, 1.165) is 17.5 Å². The fraction of sp³-hybridized carbons (Fsp3) is 0.158. The van der Waals surface area contributed by atoms with Crippen molar-refractivity contribution in [2.45, 2.75) is 17.7 Å². The summed E-state index contributed by atoms with van der Waals surface area (Å²) >= 11 is 0. The molecule has 1 N–H and O–H groups in total. The zero-order valence-electron chi connectivity index (χ0n) is 14.3. The van der Waals surface area contributed by atoms with Crippen LogP contribution in [-0.2, 0) is 21.1 Å². The monoisotopic (exact) mass is 369 g/mol. The molecule has 0 bridgehead atoms. The summed E-state index contributed by atoms with van der Waals surface area (Å²) in [5, 5.41) is 7.04. The molecule has 134 valence electrons. The van der Waals surface area contributed by atoms with Gasteiger partial charge >= 0.3 is 0 Å². The molecular weight excluding hydrogens is 350 g/mol. The van der Waals surface area contributed by atoms with Crippen molar-refractivity contribution in [2.75, 3.05) is 11.6 Å². The van der Waals surface area contributed by atoms with Crippen LogP contribution in [0, 0.1) is 0 Å². The van der Waals surface area contributed by atoms with E-state index >= 15 is 0 Å². The Hall–Kier alpha value is -2.93. The number of carbonyl (C=O) groups is 1. The molecular formula is C19H19N3O3S. The minimum atomic E-state index is -3.30.